The van der Waals surface area contributed by atoms with Crippen LogP contribution in [0.15, 0.2) is 18.2 Å². The summed E-state index contributed by atoms with van der Waals surface area (Å²) in [5, 5.41) is 0.671. The highest BCUT2D eigenvalue weighted by molar-refractivity contribution is 6.30. The second-order valence-corrected chi connectivity index (χ2v) is 5.87. The normalized spacial score (nSPS) is 25.9. The highest BCUT2D eigenvalue weighted by Gasteiger charge is 2.27. The molecule has 0 bridgehead atoms. The van der Waals surface area contributed by atoms with Crippen LogP contribution in [0.3, 0.4) is 0 Å². The Morgan fingerprint density at radius 2 is 1.94 bits per heavy atom. The predicted octanol–water partition coefficient (Wildman–Crippen LogP) is 3.25. The quantitative estimate of drug-likeness (QED) is 0.447. The summed E-state index contributed by atoms with van der Waals surface area (Å²) >= 11 is 5.94. The van der Waals surface area contributed by atoms with Crippen LogP contribution in [0.4, 0.5) is 5.69 Å². The van der Waals surface area contributed by atoms with Crippen molar-refractivity contribution in [3.63, 3.8) is 0 Å². The van der Waals surface area contributed by atoms with Crippen LogP contribution in [-0.4, -0.2) is 0 Å². The molecule has 0 radical (unpaired) electrons. The zero-order valence-electron chi connectivity index (χ0n) is 10.8. The largest absolute Gasteiger partial charge is 0.398 e. The van der Waals surface area contributed by atoms with Crippen LogP contribution in [0.5, 0.6) is 0 Å². The summed E-state index contributed by atoms with van der Waals surface area (Å²) in [5.41, 5.74) is 10.8. The van der Waals surface area contributed by atoms with Crippen LogP contribution in [0.25, 0.3) is 0 Å². The summed E-state index contributed by atoms with van der Waals surface area (Å²) in [4.78, 5) is 0. The first-order chi connectivity index (χ1) is 8.61. The molecule has 5 N–H and O–H groups in total. The van der Waals surface area contributed by atoms with E-state index in [1.54, 1.807) is 6.07 Å². The number of nitrogens with one attached hydrogen (secondary N) is 1. The number of benzene rings is 1. The molecule has 1 unspecified atom stereocenters. The van der Waals surface area contributed by atoms with E-state index in [1.807, 2.05) is 12.1 Å². The number of anilines is 1. The van der Waals surface area contributed by atoms with Crippen LogP contribution >= 0.6 is 11.6 Å². The highest BCUT2D eigenvalue weighted by atomic mass is 35.5. The SMILES string of the molecule is CC1CCC(C(NN)c2ccc(Cl)cc2N)CC1. The molecule has 2 rings (SSSR count). The van der Waals surface area contributed by atoms with Gasteiger partial charge in [0.25, 0.3) is 0 Å². The number of hydrogen-bond acceptors (Lipinski definition) is 3. The Morgan fingerprint density at radius 3 is 2.50 bits per heavy atom. The van der Waals surface area contributed by atoms with Gasteiger partial charge in [-0.1, -0.05) is 37.4 Å². The van der Waals surface area contributed by atoms with Gasteiger partial charge in [0.2, 0.25) is 0 Å². The molecule has 100 valence electrons. The van der Waals surface area contributed by atoms with E-state index in [9.17, 15) is 0 Å². The molecule has 1 aliphatic carbocycles. The second-order valence-electron chi connectivity index (χ2n) is 5.44. The van der Waals surface area contributed by atoms with Crippen molar-refractivity contribution in [1.29, 1.82) is 0 Å². The number of halogens is 1. The topological polar surface area (TPSA) is 64.1 Å². The molecule has 0 heterocycles. The van der Waals surface area contributed by atoms with Crippen molar-refractivity contribution in [1.82, 2.24) is 5.43 Å². The molecule has 1 fully saturated rings. The summed E-state index contributed by atoms with van der Waals surface area (Å²) in [6.45, 7) is 2.32. The van der Waals surface area contributed by atoms with E-state index in [4.69, 9.17) is 23.2 Å². The fraction of sp³-hybridized carbons (Fsp3) is 0.571. The first-order valence-electron chi connectivity index (χ1n) is 6.63. The molecular formula is C14H22ClN3. The number of hydrazine groups is 1. The fourth-order valence-corrected chi connectivity index (χ4v) is 3.11. The molecule has 0 saturated heterocycles. The monoisotopic (exact) mass is 267 g/mol. The van der Waals surface area contributed by atoms with Crippen molar-refractivity contribution in [3.8, 4) is 0 Å². The van der Waals surface area contributed by atoms with Gasteiger partial charge < -0.3 is 5.73 Å². The van der Waals surface area contributed by atoms with E-state index >= 15 is 0 Å². The van der Waals surface area contributed by atoms with E-state index in [-0.39, 0.29) is 6.04 Å². The molecule has 1 aromatic rings. The van der Waals surface area contributed by atoms with E-state index in [1.165, 1.54) is 25.7 Å². The third-order valence-corrected chi connectivity index (χ3v) is 4.33. The van der Waals surface area contributed by atoms with Crippen LogP contribution in [0.2, 0.25) is 5.02 Å². The Balaban J connectivity index is 2.17. The van der Waals surface area contributed by atoms with Gasteiger partial charge in [-0.3, -0.25) is 11.3 Å². The molecule has 1 saturated carbocycles. The summed E-state index contributed by atoms with van der Waals surface area (Å²) in [5.74, 6) is 7.14. The van der Waals surface area contributed by atoms with E-state index in [0.29, 0.717) is 10.9 Å². The number of nitrogens with two attached hydrogens (primary N) is 2. The maximum atomic E-state index is 6.05. The van der Waals surface area contributed by atoms with E-state index in [0.717, 1.165) is 17.2 Å². The van der Waals surface area contributed by atoms with Gasteiger partial charge in [0.05, 0.1) is 6.04 Å². The van der Waals surface area contributed by atoms with Gasteiger partial charge in [-0.05, 0) is 42.4 Å². The van der Waals surface area contributed by atoms with Crippen molar-refractivity contribution < 1.29 is 0 Å². The van der Waals surface area contributed by atoms with Gasteiger partial charge in [-0.15, -0.1) is 0 Å². The molecule has 1 aliphatic rings. The molecule has 3 nitrogen and oxygen atoms in total. The lowest BCUT2D eigenvalue weighted by atomic mass is 9.77. The lowest BCUT2D eigenvalue weighted by molar-refractivity contribution is 0.233. The van der Waals surface area contributed by atoms with Crippen molar-refractivity contribution in [2.75, 3.05) is 5.73 Å². The number of nitrogen functional groups attached to an aromatic ring is 1. The number of rotatable bonds is 3. The van der Waals surface area contributed by atoms with Crippen LogP contribution in [0, 0.1) is 11.8 Å². The Morgan fingerprint density at radius 1 is 1.28 bits per heavy atom. The summed E-state index contributed by atoms with van der Waals surface area (Å²) in [6, 6.07) is 5.80. The smallest absolute Gasteiger partial charge is 0.0508 e. The fourth-order valence-electron chi connectivity index (χ4n) is 2.93. The Labute approximate surface area is 114 Å². The van der Waals surface area contributed by atoms with Gasteiger partial charge in [-0.25, -0.2) is 0 Å². The third-order valence-electron chi connectivity index (χ3n) is 4.10. The van der Waals surface area contributed by atoms with E-state index in [2.05, 4.69) is 12.3 Å². The van der Waals surface area contributed by atoms with Crippen molar-refractivity contribution in [3.05, 3.63) is 28.8 Å². The first kappa shape index (κ1) is 13.7. The van der Waals surface area contributed by atoms with Gasteiger partial charge in [0.1, 0.15) is 0 Å². The Hall–Kier alpha value is -0.770. The van der Waals surface area contributed by atoms with Crippen LogP contribution in [0.1, 0.15) is 44.2 Å². The zero-order chi connectivity index (χ0) is 13.1. The zero-order valence-corrected chi connectivity index (χ0v) is 11.6. The van der Waals surface area contributed by atoms with Crippen molar-refractivity contribution in [2.45, 2.75) is 38.6 Å². The van der Waals surface area contributed by atoms with Gasteiger partial charge >= 0.3 is 0 Å². The lowest BCUT2D eigenvalue weighted by Crippen LogP contribution is -2.35. The second kappa shape index (κ2) is 5.91. The standard InChI is InChI=1S/C14H22ClN3/c1-9-2-4-10(5-3-9)14(18-17)12-7-6-11(15)8-13(12)16/h6-10,14,18H,2-5,16-17H2,1H3. The molecule has 4 heteroatoms. The van der Waals surface area contributed by atoms with Crippen LogP contribution in [-0.2, 0) is 0 Å². The predicted molar refractivity (Wildman–Crippen MR) is 77.1 cm³/mol. The highest BCUT2D eigenvalue weighted by Crippen LogP contribution is 2.38. The summed E-state index contributed by atoms with van der Waals surface area (Å²) in [6.07, 6.45) is 4.96. The van der Waals surface area contributed by atoms with E-state index < -0.39 is 0 Å². The average Bonchev–Trinajstić information content (AvgIpc) is 2.35. The minimum absolute atomic E-state index is 0.134. The maximum absolute atomic E-state index is 6.05. The molecule has 0 spiro atoms. The van der Waals surface area contributed by atoms with Crippen molar-refractivity contribution in [2.24, 2.45) is 17.7 Å². The first-order valence-corrected chi connectivity index (χ1v) is 7.00. The van der Waals surface area contributed by atoms with Crippen LogP contribution < -0.4 is 17.0 Å². The summed E-state index contributed by atoms with van der Waals surface area (Å²) in [7, 11) is 0. The van der Waals surface area contributed by atoms with Gasteiger partial charge in [0, 0.05) is 10.7 Å². The molecule has 1 atom stereocenters. The molecule has 1 aromatic carbocycles. The maximum Gasteiger partial charge on any atom is 0.0508 e. The molecular weight excluding hydrogens is 246 g/mol. The average molecular weight is 268 g/mol. The molecule has 0 aliphatic heterocycles. The minimum atomic E-state index is 0.134. The Bertz CT molecular complexity index is 400. The number of hydrogen-bond donors (Lipinski definition) is 3. The third kappa shape index (κ3) is 2.97. The molecule has 0 aromatic heterocycles. The minimum Gasteiger partial charge on any atom is -0.398 e. The molecule has 0 amide bonds. The van der Waals surface area contributed by atoms with Gasteiger partial charge in [-0.2, -0.15) is 0 Å². The van der Waals surface area contributed by atoms with Crippen molar-refractivity contribution >= 4 is 17.3 Å². The lowest BCUT2D eigenvalue weighted by Gasteiger charge is -2.33. The molecule has 18 heavy (non-hydrogen) atoms. The summed E-state index contributed by atoms with van der Waals surface area (Å²) < 4.78 is 0. The van der Waals surface area contributed by atoms with Gasteiger partial charge in [0.15, 0.2) is 0 Å². The Kier molecular flexibility index (Phi) is 4.49.